The van der Waals surface area contributed by atoms with Gasteiger partial charge in [0.2, 0.25) is 0 Å². The van der Waals surface area contributed by atoms with E-state index in [9.17, 15) is 14.4 Å². The molecule has 25 heavy (non-hydrogen) atoms. The summed E-state index contributed by atoms with van der Waals surface area (Å²) in [5.74, 6) is -0.885. The second-order valence-electron chi connectivity index (χ2n) is 4.89. The van der Waals surface area contributed by atoms with Gasteiger partial charge in [-0.2, -0.15) is 5.26 Å². The Bertz CT molecular complexity index is 872. The molecule has 0 spiro atoms. The summed E-state index contributed by atoms with van der Waals surface area (Å²) in [6.45, 7) is 3.82. The van der Waals surface area contributed by atoms with E-state index in [-0.39, 0.29) is 17.9 Å². The van der Waals surface area contributed by atoms with Gasteiger partial charge in [-0.15, -0.1) is 0 Å². The fourth-order valence-electron chi connectivity index (χ4n) is 1.97. The van der Waals surface area contributed by atoms with E-state index in [0.29, 0.717) is 16.3 Å². The molecule has 1 N–H and O–H groups in total. The number of anilines is 1. The Morgan fingerprint density at radius 3 is 2.80 bits per heavy atom. The zero-order valence-electron chi connectivity index (χ0n) is 13.1. The summed E-state index contributed by atoms with van der Waals surface area (Å²) in [5, 5.41) is 12.1. The van der Waals surface area contributed by atoms with Gasteiger partial charge in [0.1, 0.15) is 29.8 Å². The molecule has 0 saturated heterocycles. The molecular formula is C19H14ClFN2O2. The number of carbonyl (C=O) groups is 1. The van der Waals surface area contributed by atoms with Crippen LogP contribution in [-0.4, -0.2) is 12.5 Å². The number of hydrogen-bond acceptors (Lipinski definition) is 3. The van der Waals surface area contributed by atoms with E-state index in [4.69, 9.17) is 16.3 Å². The summed E-state index contributed by atoms with van der Waals surface area (Å²) in [6, 6.07) is 12.3. The van der Waals surface area contributed by atoms with E-state index in [1.807, 2.05) is 0 Å². The van der Waals surface area contributed by atoms with E-state index in [1.165, 1.54) is 24.3 Å². The van der Waals surface area contributed by atoms with Gasteiger partial charge in [0.05, 0.1) is 5.69 Å². The average molecular weight is 357 g/mol. The average Bonchev–Trinajstić information content (AvgIpc) is 2.60. The Hall–Kier alpha value is -3.10. The standard InChI is InChI=1S/C19H14ClFN2O2/c1-2-9-25-18-8-7-15(20)11-13(18)10-14(12-22)19(24)23-17-6-4-3-5-16(17)21/h2-8,10-11H,1,9H2,(H,23,24)/b14-10+. The molecule has 2 aromatic carbocycles. The highest BCUT2D eigenvalue weighted by atomic mass is 35.5. The Labute approximate surface area is 149 Å². The summed E-state index contributed by atoms with van der Waals surface area (Å²) < 4.78 is 19.1. The lowest BCUT2D eigenvalue weighted by atomic mass is 10.1. The lowest BCUT2D eigenvalue weighted by molar-refractivity contribution is -0.112. The van der Waals surface area contributed by atoms with Gasteiger partial charge in [0.15, 0.2) is 0 Å². The van der Waals surface area contributed by atoms with Gasteiger partial charge in [-0.05, 0) is 36.4 Å². The van der Waals surface area contributed by atoms with Crippen molar-refractivity contribution >= 4 is 29.3 Å². The first-order chi connectivity index (χ1) is 12.0. The normalized spacial score (nSPS) is 10.7. The first-order valence-electron chi connectivity index (χ1n) is 7.26. The molecule has 0 heterocycles. The maximum Gasteiger partial charge on any atom is 0.266 e. The van der Waals surface area contributed by atoms with Crippen LogP contribution in [-0.2, 0) is 4.79 Å². The molecule has 0 bridgehead atoms. The van der Waals surface area contributed by atoms with Crippen LogP contribution < -0.4 is 10.1 Å². The number of nitrogens with zero attached hydrogens (tertiary/aromatic N) is 1. The Morgan fingerprint density at radius 1 is 1.36 bits per heavy atom. The maximum atomic E-state index is 13.6. The first-order valence-corrected chi connectivity index (χ1v) is 7.64. The number of nitrogens with one attached hydrogen (secondary N) is 1. The minimum atomic E-state index is -0.734. The molecule has 0 saturated carbocycles. The van der Waals surface area contributed by atoms with Crippen LogP contribution in [0.2, 0.25) is 5.02 Å². The van der Waals surface area contributed by atoms with Crippen LogP contribution in [0.25, 0.3) is 6.08 Å². The van der Waals surface area contributed by atoms with Crippen molar-refractivity contribution < 1.29 is 13.9 Å². The zero-order valence-corrected chi connectivity index (χ0v) is 13.9. The number of carbonyl (C=O) groups excluding carboxylic acids is 1. The van der Waals surface area contributed by atoms with Crippen molar-refractivity contribution in [2.24, 2.45) is 0 Å². The fraction of sp³-hybridized carbons (Fsp3) is 0.0526. The quantitative estimate of drug-likeness (QED) is 0.468. The van der Waals surface area contributed by atoms with Crippen LogP contribution in [0, 0.1) is 17.1 Å². The summed E-state index contributed by atoms with van der Waals surface area (Å²) in [6.07, 6.45) is 2.90. The SMILES string of the molecule is C=CCOc1ccc(Cl)cc1/C=C(\C#N)C(=O)Nc1ccccc1F. The van der Waals surface area contributed by atoms with Crippen molar-refractivity contribution in [3.63, 3.8) is 0 Å². The molecule has 4 nitrogen and oxygen atoms in total. The van der Waals surface area contributed by atoms with E-state index >= 15 is 0 Å². The van der Waals surface area contributed by atoms with Crippen LogP contribution in [0.3, 0.4) is 0 Å². The van der Waals surface area contributed by atoms with Gasteiger partial charge in [-0.1, -0.05) is 36.4 Å². The molecule has 2 aromatic rings. The van der Waals surface area contributed by atoms with Gasteiger partial charge in [0, 0.05) is 10.6 Å². The Balaban J connectivity index is 2.32. The first kappa shape index (κ1) is 18.2. The van der Waals surface area contributed by atoms with Crippen molar-refractivity contribution in [1.82, 2.24) is 0 Å². The minimum absolute atomic E-state index is 0.0112. The molecule has 0 aliphatic heterocycles. The number of nitriles is 1. The number of para-hydroxylation sites is 1. The van der Waals surface area contributed by atoms with Crippen molar-refractivity contribution in [1.29, 1.82) is 5.26 Å². The molecule has 0 unspecified atom stereocenters. The number of benzene rings is 2. The van der Waals surface area contributed by atoms with E-state index in [2.05, 4.69) is 11.9 Å². The van der Waals surface area contributed by atoms with Gasteiger partial charge in [0.25, 0.3) is 5.91 Å². The predicted octanol–water partition coefficient (Wildman–Crippen LogP) is 4.59. The molecule has 0 atom stereocenters. The summed E-state index contributed by atoms with van der Waals surface area (Å²) in [5.41, 5.74) is 0.228. The van der Waals surface area contributed by atoms with E-state index < -0.39 is 11.7 Å². The van der Waals surface area contributed by atoms with E-state index in [0.717, 1.165) is 0 Å². The van der Waals surface area contributed by atoms with Gasteiger partial charge in [-0.3, -0.25) is 4.79 Å². The summed E-state index contributed by atoms with van der Waals surface area (Å²) in [7, 11) is 0. The monoisotopic (exact) mass is 356 g/mol. The van der Waals surface area contributed by atoms with Gasteiger partial charge >= 0.3 is 0 Å². The van der Waals surface area contributed by atoms with Crippen LogP contribution >= 0.6 is 11.6 Å². The predicted molar refractivity (Wildman–Crippen MR) is 95.8 cm³/mol. The number of ether oxygens (including phenoxy) is 1. The third-order valence-electron chi connectivity index (χ3n) is 3.12. The van der Waals surface area contributed by atoms with Crippen LogP contribution in [0.15, 0.2) is 60.7 Å². The molecule has 0 aliphatic carbocycles. The highest BCUT2D eigenvalue weighted by Gasteiger charge is 2.13. The summed E-state index contributed by atoms with van der Waals surface area (Å²) in [4.78, 5) is 12.3. The highest BCUT2D eigenvalue weighted by molar-refractivity contribution is 6.30. The van der Waals surface area contributed by atoms with Crippen LogP contribution in [0.1, 0.15) is 5.56 Å². The number of hydrogen-bond donors (Lipinski definition) is 1. The molecule has 6 heteroatoms. The molecule has 126 valence electrons. The second kappa shape index (κ2) is 8.67. The zero-order chi connectivity index (χ0) is 18.2. The molecule has 2 rings (SSSR count). The van der Waals surface area contributed by atoms with E-state index in [1.54, 1.807) is 36.4 Å². The second-order valence-corrected chi connectivity index (χ2v) is 5.32. The molecule has 0 radical (unpaired) electrons. The van der Waals surface area contributed by atoms with Gasteiger partial charge in [-0.25, -0.2) is 4.39 Å². The molecule has 1 amide bonds. The summed E-state index contributed by atoms with van der Waals surface area (Å²) >= 11 is 5.97. The molecule has 0 aliphatic rings. The fourth-order valence-corrected chi connectivity index (χ4v) is 2.15. The Morgan fingerprint density at radius 2 is 2.12 bits per heavy atom. The van der Waals surface area contributed by atoms with Crippen molar-refractivity contribution in [3.05, 3.63) is 77.1 Å². The van der Waals surface area contributed by atoms with Crippen LogP contribution in [0.5, 0.6) is 5.75 Å². The maximum absolute atomic E-state index is 13.6. The smallest absolute Gasteiger partial charge is 0.266 e. The number of amides is 1. The van der Waals surface area contributed by atoms with Crippen molar-refractivity contribution in [2.75, 3.05) is 11.9 Å². The highest BCUT2D eigenvalue weighted by Crippen LogP contribution is 2.26. The molecule has 0 aromatic heterocycles. The largest absolute Gasteiger partial charge is 0.489 e. The topological polar surface area (TPSA) is 62.1 Å². The Kier molecular flexibility index (Phi) is 6.33. The van der Waals surface area contributed by atoms with Crippen molar-refractivity contribution in [2.45, 2.75) is 0 Å². The number of halogens is 2. The number of rotatable bonds is 6. The third-order valence-corrected chi connectivity index (χ3v) is 3.35. The third kappa shape index (κ3) is 4.93. The lowest BCUT2D eigenvalue weighted by Crippen LogP contribution is -2.14. The van der Waals surface area contributed by atoms with Crippen LogP contribution in [0.4, 0.5) is 10.1 Å². The molecular weight excluding hydrogens is 343 g/mol. The molecule has 0 fully saturated rings. The van der Waals surface area contributed by atoms with Crippen molar-refractivity contribution in [3.8, 4) is 11.8 Å². The minimum Gasteiger partial charge on any atom is -0.489 e. The van der Waals surface area contributed by atoms with Gasteiger partial charge < -0.3 is 10.1 Å². The lowest BCUT2D eigenvalue weighted by Gasteiger charge is -2.09.